The average molecular weight is 370 g/mol. The minimum atomic E-state index is -0.369. The second-order valence-electron chi connectivity index (χ2n) is 5.90. The fourth-order valence-electron chi connectivity index (χ4n) is 2.53. The molecule has 27 heavy (non-hydrogen) atoms. The smallest absolute Gasteiger partial charge is 0.247 e. The third kappa shape index (κ3) is 6.26. The maximum atomic E-state index is 13.2. The van der Waals surface area contributed by atoms with Crippen molar-refractivity contribution in [2.24, 2.45) is 0 Å². The molecular weight excluding hydrogens is 347 g/mol. The van der Waals surface area contributed by atoms with E-state index >= 15 is 0 Å². The Kier molecular flexibility index (Phi) is 7.55. The van der Waals surface area contributed by atoms with E-state index < -0.39 is 0 Å². The van der Waals surface area contributed by atoms with E-state index in [9.17, 15) is 14.0 Å². The van der Waals surface area contributed by atoms with Crippen LogP contribution in [0.2, 0.25) is 0 Å². The summed E-state index contributed by atoms with van der Waals surface area (Å²) in [5.74, 6) is -0.451. The van der Waals surface area contributed by atoms with Crippen LogP contribution in [0.5, 0.6) is 5.75 Å². The first-order chi connectivity index (χ1) is 13.0. The number of carbonyl (C=O) groups excluding carboxylic acids is 2. The van der Waals surface area contributed by atoms with Crippen molar-refractivity contribution in [3.8, 4) is 5.75 Å². The number of carbonyl (C=O) groups is 2. The van der Waals surface area contributed by atoms with E-state index in [1.54, 1.807) is 36.4 Å². The molecule has 1 N–H and O–H groups in total. The molecule has 0 atom stereocenters. The molecule has 0 radical (unpaired) electrons. The molecule has 2 aromatic rings. The number of hydrogen-bond acceptors (Lipinski definition) is 3. The van der Waals surface area contributed by atoms with Crippen LogP contribution in [0.4, 0.5) is 10.1 Å². The zero-order chi connectivity index (χ0) is 19.6. The van der Waals surface area contributed by atoms with Crippen LogP contribution in [0.25, 0.3) is 6.08 Å². The summed E-state index contributed by atoms with van der Waals surface area (Å²) in [6.07, 6.45) is 3.59. The first-order valence-electron chi connectivity index (χ1n) is 8.69. The SMILES string of the molecule is CCCN(CC(=O)Nc1ccccc1OC)C(=O)C=Cc1cccc(F)c1. The Morgan fingerprint density at radius 1 is 1.19 bits per heavy atom. The number of anilines is 1. The molecule has 0 bridgehead atoms. The largest absolute Gasteiger partial charge is 0.495 e. The highest BCUT2D eigenvalue weighted by atomic mass is 19.1. The van der Waals surface area contributed by atoms with E-state index in [1.807, 2.05) is 6.92 Å². The van der Waals surface area contributed by atoms with Gasteiger partial charge in [-0.15, -0.1) is 0 Å². The van der Waals surface area contributed by atoms with Gasteiger partial charge in [0.2, 0.25) is 11.8 Å². The zero-order valence-corrected chi connectivity index (χ0v) is 15.4. The molecule has 0 heterocycles. The molecule has 2 aromatic carbocycles. The van der Waals surface area contributed by atoms with Gasteiger partial charge in [-0.2, -0.15) is 0 Å². The molecule has 0 saturated heterocycles. The number of rotatable bonds is 8. The second kappa shape index (κ2) is 10.1. The lowest BCUT2D eigenvalue weighted by Crippen LogP contribution is -2.37. The van der Waals surface area contributed by atoms with Gasteiger partial charge >= 0.3 is 0 Å². The first kappa shape index (κ1) is 20.2. The molecule has 0 aliphatic heterocycles. The van der Waals surface area contributed by atoms with Crippen LogP contribution >= 0.6 is 0 Å². The molecule has 0 saturated carbocycles. The summed E-state index contributed by atoms with van der Waals surface area (Å²) in [6.45, 7) is 2.28. The zero-order valence-electron chi connectivity index (χ0n) is 15.4. The number of ether oxygens (including phenoxy) is 1. The van der Waals surface area contributed by atoms with Crippen molar-refractivity contribution >= 4 is 23.6 Å². The number of nitrogens with one attached hydrogen (secondary N) is 1. The van der Waals surface area contributed by atoms with Crippen LogP contribution in [0.15, 0.2) is 54.6 Å². The first-order valence-corrected chi connectivity index (χ1v) is 8.69. The topological polar surface area (TPSA) is 58.6 Å². The molecule has 0 aliphatic carbocycles. The predicted molar refractivity (Wildman–Crippen MR) is 104 cm³/mol. The molecule has 0 fully saturated rings. The highest BCUT2D eigenvalue weighted by Crippen LogP contribution is 2.22. The highest BCUT2D eigenvalue weighted by molar-refractivity contribution is 5.98. The van der Waals surface area contributed by atoms with Gasteiger partial charge in [0.25, 0.3) is 0 Å². The minimum absolute atomic E-state index is 0.0851. The Morgan fingerprint density at radius 2 is 1.96 bits per heavy atom. The van der Waals surface area contributed by atoms with Gasteiger partial charge < -0.3 is 15.0 Å². The number of para-hydroxylation sites is 2. The van der Waals surface area contributed by atoms with Crippen LogP contribution in [0.1, 0.15) is 18.9 Å². The fraction of sp³-hybridized carbons (Fsp3) is 0.238. The predicted octanol–water partition coefficient (Wildman–Crippen LogP) is 3.72. The Hall–Kier alpha value is -3.15. The molecule has 6 heteroatoms. The molecule has 2 rings (SSSR count). The van der Waals surface area contributed by atoms with Gasteiger partial charge in [-0.25, -0.2) is 4.39 Å². The quantitative estimate of drug-likeness (QED) is 0.721. The van der Waals surface area contributed by atoms with E-state index in [4.69, 9.17) is 4.74 Å². The van der Waals surface area contributed by atoms with E-state index in [-0.39, 0.29) is 24.2 Å². The summed E-state index contributed by atoms with van der Waals surface area (Å²) in [7, 11) is 1.52. The van der Waals surface area contributed by atoms with Crippen molar-refractivity contribution in [2.75, 3.05) is 25.5 Å². The van der Waals surface area contributed by atoms with Crippen molar-refractivity contribution in [3.63, 3.8) is 0 Å². The number of benzene rings is 2. The van der Waals surface area contributed by atoms with Gasteiger partial charge in [0.1, 0.15) is 18.1 Å². The highest BCUT2D eigenvalue weighted by Gasteiger charge is 2.15. The average Bonchev–Trinajstić information content (AvgIpc) is 2.66. The van der Waals surface area contributed by atoms with Crippen molar-refractivity contribution in [3.05, 3.63) is 66.0 Å². The summed E-state index contributed by atoms with van der Waals surface area (Å²) in [5, 5.41) is 2.75. The fourth-order valence-corrected chi connectivity index (χ4v) is 2.53. The monoisotopic (exact) mass is 370 g/mol. The third-order valence-corrected chi connectivity index (χ3v) is 3.79. The van der Waals surface area contributed by atoms with Crippen LogP contribution in [-0.4, -0.2) is 36.9 Å². The molecule has 0 unspecified atom stereocenters. The summed E-state index contributed by atoms with van der Waals surface area (Å²) in [6, 6.07) is 13.0. The van der Waals surface area contributed by atoms with Gasteiger partial charge in [0, 0.05) is 12.6 Å². The summed E-state index contributed by atoms with van der Waals surface area (Å²) in [5.41, 5.74) is 1.13. The summed E-state index contributed by atoms with van der Waals surface area (Å²) < 4.78 is 18.4. The van der Waals surface area contributed by atoms with E-state index in [1.165, 1.54) is 36.3 Å². The second-order valence-corrected chi connectivity index (χ2v) is 5.90. The Morgan fingerprint density at radius 3 is 2.67 bits per heavy atom. The van der Waals surface area contributed by atoms with E-state index in [0.717, 1.165) is 0 Å². The third-order valence-electron chi connectivity index (χ3n) is 3.79. The van der Waals surface area contributed by atoms with E-state index in [2.05, 4.69) is 5.32 Å². The number of nitrogens with zero attached hydrogens (tertiary/aromatic N) is 1. The van der Waals surface area contributed by atoms with Crippen LogP contribution < -0.4 is 10.1 Å². The number of methoxy groups -OCH3 is 1. The molecule has 142 valence electrons. The van der Waals surface area contributed by atoms with Crippen molar-refractivity contribution < 1.29 is 18.7 Å². The maximum Gasteiger partial charge on any atom is 0.247 e. The van der Waals surface area contributed by atoms with Crippen molar-refractivity contribution in [2.45, 2.75) is 13.3 Å². The van der Waals surface area contributed by atoms with Crippen LogP contribution in [0, 0.1) is 5.82 Å². The normalized spacial score (nSPS) is 10.6. The maximum absolute atomic E-state index is 13.2. The molecule has 0 spiro atoms. The molecule has 2 amide bonds. The number of hydrogen-bond donors (Lipinski definition) is 1. The van der Waals surface area contributed by atoms with Crippen molar-refractivity contribution in [1.29, 1.82) is 0 Å². The Labute approximate surface area is 158 Å². The van der Waals surface area contributed by atoms with Crippen LogP contribution in [0.3, 0.4) is 0 Å². The standard InChI is InChI=1S/C21H23FN2O3/c1-3-13-24(21(26)12-11-16-7-6-8-17(22)14-16)15-20(25)23-18-9-4-5-10-19(18)27-2/h4-12,14H,3,13,15H2,1-2H3,(H,23,25). The molecule has 0 aliphatic rings. The lowest BCUT2D eigenvalue weighted by molar-refractivity contribution is -0.130. The van der Waals surface area contributed by atoms with Gasteiger partial charge in [-0.3, -0.25) is 9.59 Å². The van der Waals surface area contributed by atoms with Gasteiger partial charge in [-0.05, 0) is 42.3 Å². The summed E-state index contributed by atoms with van der Waals surface area (Å²) >= 11 is 0. The Balaban J connectivity index is 2.03. The Bertz CT molecular complexity index is 821. The number of amides is 2. The lowest BCUT2D eigenvalue weighted by atomic mass is 10.2. The van der Waals surface area contributed by atoms with Gasteiger partial charge in [0.15, 0.2) is 0 Å². The van der Waals surface area contributed by atoms with Crippen molar-refractivity contribution in [1.82, 2.24) is 4.90 Å². The minimum Gasteiger partial charge on any atom is -0.495 e. The lowest BCUT2D eigenvalue weighted by Gasteiger charge is -2.20. The molecular formula is C21H23FN2O3. The molecule has 5 nitrogen and oxygen atoms in total. The molecule has 0 aromatic heterocycles. The van der Waals surface area contributed by atoms with Gasteiger partial charge in [-0.1, -0.05) is 31.2 Å². The van der Waals surface area contributed by atoms with E-state index in [0.29, 0.717) is 30.0 Å². The van der Waals surface area contributed by atoms with Gasteiger partial charge in [0.05, 0.1) is 12.8 Å². The van der Waals surface area contributed by atoms with Crippen LogP contribution in [-0.2, 0) is 9.59 Å². The number of halogens is 1. The summed E-state index contributed by atoms with van der Waals surface area (Å²) in [4.78, 5) is 26.2.